The van der Waals surface area contributed by atoms with Gasteiger partial charge in [0.25, 0.3) is 5.91 Å². The van der Waals surface area contributed by atoms with Crippen LogP contribution in [0.3, 0.4) is 0 Å². The number of ether oxygens (including phenoxy) is 6. The molecule has 0 bridgehead atoms. The van der Waals surface area contributed by atoms with Crippen LogP contribution in [-0.4, -0.2) is 92.9 Å². The predicted molar refractivity (Wildman–Crippen MR) is 167 cm³/mol. The molecule has 46 heavy (non-hydrogen) atoms. The van der Waals surface area contributed by atoms with Gasteiger partial charge in [-0.05, 0) is 61.4 Å². The molecule has 2 rings (SSSR count). The number of carbonyl (C=O) groups excluding carboxylic acids is 1. The van der Waals surface area contributed by atoms with E-state index >= 15 is 0 Å². The maximum Gasteiger partial charge on any atom is 0.275 e. The number of rotatable bonds is 23. The van der Waals surface area contributed by atoms with Crippen molar-refractivity contribution >= 4 is 28.0 Å². The lowest BCUT2D eigenvalue weighted by Crippen LogP contribution is -2.27. The first kappa shape index (κ1) is 38.7. The van der Waals surface area contributed by atoms with E-state index in [1.165, 1.54) is 37.3 Å². The van der Waals surface area contributed by atoms with Crippen LogP contribution in [0.25, 0.3) is 6.08 Å². The fourth-order valence-electron chi connectivity index (χ4n) is 3.54. The first-order valence-corrected chi connectivity index (χ1v) is 16.0. The summed E-state index contributed by atoms with van der Waals surface area (Å²) in [5.74, 6) is -4.01. The molecule has 0 aromatic heterocycles. The standard InChI is InChI=1S/C30H42F2N4O9S/c1-3-9-40-11-13-42-15-17-44-18-16-43-14-12-41-10-8-35-46(38,39)25-6-4-24(5-7-25)45-28-26(31)20-23(21-27(28)32)19-22(2)29(37)36-30(33)34/h4-7,19-21,35H,3,8-18H2,1-2H3,(H4,33,34,36,37)/b22-19+. The van der Waals surface area contributed by atoms with Crippen molar-refractivity contribution in [1.29, 1.82) is 0 Å². The van der Waals surface area contributed by atoms with Gasteiger partial charge in [-0.1, -0.05) is 6.92 Å². The number of hydrogen-bond donors (Lipinski definition) is 3. The molecule has 0 saturated carbocycles. The predicted octanol–water partition coefficient (Wildman–Crippen LogP) is 2.73. The Morgan fingerprint density at radius 1 is 0.826 bits per heavy atom. The summed E-state index contributed by atoms with van der Waals surface area (Å²) in [6.07, 6.45) is 2.19. The van der Waals surface area contributed by atoms with Gasteiger partial charge in [0.2, 0.25) is 10.0 Å². The monoisotopic (exact) mass is 672 g/mol. The number of nitrogens with zero attached hydrogens (tertiary/aromatic N) is 1. The molecular formula is C30H42F2N4O9S. The molecule has 0 spiro atoms. The molecule has 0 saturated heterocycles. The summed E-state index contributed by atoms with van der Waals surface area (Å²) in [4.78, 5) is 15.1. The summed E-state index contributed by atoms with van der Waals surface area (Å²) in [5, 5.41) is 0. The SMILES string of the molecule is CCCOCCOCCOCCOCCOCCNS(=O)(=O)c1ccc(Oc2c(F)cc(/C=C(\C)C(=O)N=C(N)N)cc2F)cc1. The van der Waals surface area contributed by atoms with Crippen molar-refractivity contribution in [3.8, 4) is 11.5 Å². The first-order chi connectivity index (χ1) is 22.0. The van der Waals surface area contributed by atoms with Crippen LogP contribution in [0.2, 0.25) is 0 Å². The van der Waals surface area contributed by atoms with Gasteiger partial charge in [0.1, 0.15) is 5.75 Å². The fourth-order valence-corrected chi connectivity index (χ4v) is 4.55. The summed E-state index contributed by atoms with van der Waals surface area (Å²) < 4.78 is 89.0. The topological polar surface area (TPSA) is 183 Å². The molecule has 0 atom stereocenters. The van der Waals surface area contributed by atoms with Crippen LogP contribution in [0.5, 0.6) is 11.5 Å². The molecule has 0 aliphatic heterocycles. The third-order valence-corrected chi connectivity index (χ3v) is 7.18. The number of aliphatic imine (C=N–C) groups is 1. The lowest BCUT2D eigenvalue weighted by Gasteiger charge is -2.11. The number of carbonyl (C=O) groups is 1. The maximum atomic E-state index is 14.6. The maximum absolute atomic E-state index is 14.6. The second-order valence-electron chi connectivity index (χ2n) is 9.52. The van der Waals surface area contributed by atoms with Gasteiger partial charge in [-0.15, -0.1) is 0 Å². The number of hydrogen-bond acceptors (Lipinski definition) is 9. The lowest BCUT2D eigenvalue weighted by molar-refractivity contribution is -0.114. The second kappa shape index (κ2) is 21.3. The van der Waals surface area contributed by atoms with Gasteiger partial charge in [0.15, 0.2) is 23.3 Å². The van der Waals surface area contributed by atoms with Crippen LogP contribution in [0.4, 0.5) is 8.78 Å². The van der Waals surface area contributed by atoms with Gasteiger partial charge in [-0.3, -0.25) is 4.79 Å². The molecule has 0 aliphatic carbocycles. The third kappa shape index (κ3) is 15.2. The van der Waals surface area contributed by atoms with Crippen molar-refractivity contribution in [2.45, 2.75) is 25.2 Å². The van der Waals surface area contributed by atoms with Crippen molar-refractivity contribution in [2.75, 3.05) is 72.6 Å². The normalized spacial score (nSPS) is 11.9. The molecule has 0 aliphatic rings. The zero-order valence-corrected chi connectivity index (χ0v) is 26.8. The number of amides is 1. The number of nitrogens with one attached hydrogen (secondary N) is 1. The Balaban J connectivity index is 1.68. The van der Waals surface area contributed by atoms with Crippen molar-refractivity contribution in [3.63, 3.8) is 0 Å². The lowest BCUT2D eigenvalue weighted by atomic mass is 10.1. The first-order valence-electron chi connectivity index (χ1n) is 14.5. The van der Waals surface area contributed by atoms with E-state index in [0.29, 0.717) is 46.2 Å². The van der Waals surface area contributed by atoms with Crippen LogP contribution < -0.4 is 20.9 Å². The molecule has 5 N–H and O–H groups in total. The average molecular weight is 673 g/mol. The summed E-state index contributed by atoms with van der Waals surface area (Å²) in [7, 11) is -3.88. The zero-order valence-electron chi connectivity index (χ0n) is 26.0. The molecule has 0 heterocycles. The number of guanidine groups is 1. The summed E-state index contributed by atoms with van der Waals surface area (Å²) >= 11 is 0. The molecule has 0 radical (unpaired) electrons. The van der Waals surface area contributed by atoms with Crippen LogP contribution in [0, 0.1) is 11.6 Å². The van der Waals surface area contributed by atoms with Crippen molar-refractivity contribution in [3.05, 3.63) is 59.2 Å². The quantitative estimate of drug-likeness (QED) is 0.0683. The molecule has 0 unspecified atom stereocenters. The summed E-state index contributed by atoms with van der Waals surface area (Å²) in [6, 6.07) is 6.89. The Kier molecular flexibility index (Phi) is 17.9. The molecule has 0 fully saturated rings. The summed E-state index contributed by atoms with van der Waals surface area (Å²) in [5.41, 5.74) is 10.4. The van der Waals surface area contributed by atoms with E-state index in [4.69, 9.17) is 39.9 Å². The number of halogens is 2. The molecule has 2 aromatic carbocycles. The fraction of sp³-hybridized carbons (Fsp3) is 0.467. The average Bonchev–Trinajstić information content (AvgIpc) is 3.00. The largest absolute Gasteiger partial charge is 0.451 e. The van der Waals surface area contributed by atoms with Gasteiger partial charge in [-0.2, -0.15) is 4.99 Å². The van der Waals surface area contributed by atoms with Crippen LogP contribution >= 0.6 is 0 Å². The number of sulfonamides is 1. The molecule has 1 amide bonds. The Morgan fingerprint density at radius 3 is 1.78 bits per heavy atom. The molecule has 256 valence electrons. The highest BCUT2D eigenvalue weighted by molar-refractivity contribution is 7.89. The zero-order chi connectivity index (χ0) is 33.8. The van der Waals surface area contributed by atoms with E-state index in [9.17, 15) is 22.0 Å². The molecule has 13 nitrogen and oxygen atoms in total. The van der Waals surface area contributed by atoms with Gasteiger partial charge in [0, 0.05) is 18.7 Å². The van der Waals surface area contributed by atoms with Crippen LogP contribution in [0.15, 0.2) is 51.9 Å². The van der Waals surface area contributed by atoms with Gasteiger partial charge < -0.3 is 39.9 Å². The Bertz CT molecular complexity index is 1360. The van der Waals surface area contributed by atoms with E-state index in [-0.39, 0.29) is 41.5 Å². The Hall–Kier alpha value is -3.51. The van der Waals surface area contributed by atoms with E-state index in [1.807, 2.05) is 6.92 Å². The van der Waals surface area contributed by atoms with Gasteiger partial charge >= 0.3 is 0 Å². The number of benzene rings is 2. The van der Waals surface area contributed by atoms with Crippen LogP contribution in [-0.2, 0) is 38.5 Å². The van der Waals surface area contributed by atoms with Gasteiger partial charge in [-0.25, -0.2) is 21.9 Å². The van der Waals surface area contributed by atoms with E-state index < -0.39 is 39.3 Å². The van der Waals surface area contributed by atoms with Crippen molar-refractivity contribution < 1.29 is 50.4 Å². The number of nitrogens with two attached hydrogens (primary N) is 2. The van der Waals surface area contributed by atoms with Gasteiger partial charge in [0.05, 0.1) is 64.4 Å². The van der Waals surface area contributed by atoms with E-state index in [2.05, 4.69) is 9.71 Å². The second-order valence-corrected chi connectivity index (χ2v) is 11.3. The Morgan fingerprint density at radius 2 is 1.30 bits per heavy atom. The molecule has 2 aromatic rings. The third-order valence-electron chi connectivity index (χ3n) is 5.70. The molecule has 16 heteroatoms. The smallest absolute Gasteiger partial charge is 0.275 e. The minimum atomic E-state index is -3.88. The van der Waals surface area contributed by atoms with Crippen molar-refractivity contribution in [1.82, 2.24) is 4.72 Å². The minimum absolute atomic E-state index is 0.00543. The van der Waals surface area contributed by atoms with E-state index in [0.717, 1.165) is 25.2 Å². The highest BCUT2D eigenvalue weighted by atomic mass is 32.2. The van der Waals surface area contributed by atoms with Crippen LogP contribution in [0.1, 0.15) is 25.8 Å². The van der Waals surface area contributed by atoms with Crippen molar-refractivity contribution in [2.24, 2.45) is 16.5 Å². The van der Waals surface area contributed by atoms with E-state index in [1.54, 1.807) is 0 Å². The highest BCUT2D eigenvalue weighted by Crippen LogP contribution is 2.30. The minimum Gasteiger partial charge on any atom is -0.451 e. The Labute approximate surface area is 267 Å². The molecular weight excluding hydrogens is 630 g/mol. The summed E-state index contributed by atoms with van der Waals surface area (Å²) in [6.45, 7) is 7.73. The highest BCUT2D eigenvalue weighted by Gasteiger charge is 2.17.